The minimum absolute atomic E-state index is 0.0141. The van der Waals surface area contributed by atoms with Crippen LogP contribution >= 0.6 is 0 Å². The second kappa shape index (κ2) is 12.8. The molecule has 1 aliphatic carbocycles. The summed E-state index contributed by atoms with van der Waals surface area (Å²) < 4.78 is 56.4. The maximum absolute atomic E-state index is 15.2. The van der Waals surface area contributed by atoms with Crippen molar-refractivity contribution in [2.75, 3.05) is 24.1 Å². The summed E-state index contributed by atoms with van der Waals surface area (Å²) >= 11 is 0. The Balaban J connectivity index is 1.33. The van der Waals surface area contributed by atoms with E-state index in [9.17, 15) is 13.6 Å². The number of nitrogens with two attached hydrogens (primary N) is 2. The lowest BCUT2D eigenvalue weighted by Gasteiger charge is -2.29. The summed E-state index contributed by atoms with van der Waals surface area (Å²) in [4.78, 5) is 22.1. The fourth-order valence-corrected chi connectivity index (χ4v) is 5.87. The Morgan fingerprint density at radius 3 is 2.64 bits per heavy atom. The molecule has 1 aliphatic heterocycles. The standard InChI is InChI=1S/C33H33F3N6O3/c1-17(31-26(18-4-2-5-20(34)14-18)30(43)27-22(35)6-3-7-25(27)45-31)42-33-28(32(38)40-16-41-33)29(37)19-8-9-24(23(36)15-19)44-21-10-12-39-13-11-21/h2-8,14-17,21,24,29,39H,9-13,37H2,1H3,(H3,38,40,41,42). The van der Waals surface area contributed by atoms with Gasteiger partial charge in [-0.2, -0.15) is 0 Å². The van der Waals surface area contributed by atoms with Crippen molar-refractivity contribution >= 4 is 22.6 Å². The number of aromatic nitrogens is 2. The van der Waals surface area contributed by atoms with Crippen LogP contribution in [-0.2, 0) is 4.74 Å². The minimum atomic E-state index is -0.910. The van der Waals surface area contributed by atoms with Crippen molar-refractivity contribution in [3.8, 4) is 11.1 Å². The molecule has 6 rings (SSSR count). The molecule has 6 N–H and O–H groups in total. The quantitative estimate of drug-likeness (QED) is 0.198. The Morgan fingerprint density at radius 2 is 1.89 bits per heavy atom. The number of piperidine rings is 1. The summed E-state index contributed by atoms with van der Waals surface area (Å²) in [5, 5.41) is 6.21. The number of nitrogens with zero attached hydrogens (tertiary/aromatic N) is 2. The Kier molecular flexibility index (Phi) is 8.70. The Labute approximate surface area is 257 Å². The van der Waals surface area contributed by atoms with E-state index < -0.39 is 41.1 Å². The number of rotatable bonds is 8. The van der Waals surface area contributed by atoms with Gasteiger partial charge in [0, 0.05) is 0 Å². The van der Waals surface area contributed by atoms with Crippen molar-refractivity contribution in [2.24, 2.45) is 5.73 Å². The first-order valence-electron chi connectivity index (χ1n) is 14.8. The van der Waals surface area contributed by atoms with Crippen LogP contribution < -0.4 is 27.5 Å². The normalized spacial score (nSPS) is 18.7. The van der Waals surface area contributed by atoms with Crippen LogP contribution in [0.3, 0.4) is 0 Å². The third-order valence-corrected chi connectivity index (χ3v) is 8.16. The first-order valence-corrected chi connectivity index (χ1v) is 14.8. The molecule has 0 spiro atoms. The zero-order valence-electron chi connectivity index (χ0n) is 24.5. The summed E-state index contributed by atoms with van der Waals surface area (Å²) in [6, 6.07) is 7.79. The number of anilines is 2. The van der Waals surface area contributed by atoms with Crippen molar-refractivity contribution in [3.05, 3.63) is 106 Å². The topological polar surface area (TPSA) is 141 Å². The zero-order chi connectivity index (χ0) is 31.7. The average Bonchev–Trinajstić information content (AvgIpc) is 3.02. The number of nitrogens with one attached hydrogen (secondary N) is 2. The molecule has 2 aromatic carbocycles. The van der Waals surface area contributed by atoms with Crippen LogP contribution in [0.15, 0.2) is 81.6 Å². The molecule has 234 valence electrons. The van der Waals surface area contributed by atoms with Gasteiger partial charge in [-0.25, -0.2) is 23.1 Å². The van der Waals surface area contributed by atoms with Gasteiger partial charge >= 0.3 is 0 Å². The van der Waals surface area contributed by atoms with E-state index >= 15 is 4.39 Å². The molecule has 12 heteroatoms. The number of nitrogen functional groups attached to an aromatic ring is 1. The molecule has 0 saturated carbocycles. The van der Waals surface area contributed by atoms with E-state index in [1.807, 2.05) is 6.08 Å². The van der Waals surface area contributed by atoms with Crippen LogP contribution in [0.25, 0.3) is 22.1 Å². The monoisotopic (exact) mass is 618 g/mol. The third-order valence-electron chi connectivity index (χ3n) is 8.16. The van der Waals surface area contributed by atoms with Crippen LogP contribution in [0, 0.1) is 11.6 Å². The molecule has 1 saturated heterocycles. The second-order valence-corrected chi connectivity index (χ2v) is 11.2. The van der Waals surface area contributed by atoms with Crippen LogP contribution in [0.2, 0.25) is 0 Å². The van der Waals surface area contributed by atoms with Gasteiger partial charge < -0.3 is 31.3 Å². The van der Waals surface area contributed by atoms with Crippen LogP contribution in [0.4, 0.5) is 24.8 Å². The SMILES string of the molecule is CC(Nc1ncnc(N)c1C(N)C1=CCC(OC2CCNCC2)C(F)=C1)c1oc2cccc(F)c2c(=O)c1-c1cccc(F)c1. The number of hydrogen-bond acceptors (Lipinski definition) is 9. The van der Waals surface area contributed by atoms with E-state index in [0.717, 1.165) is 32.0 Å². The van der Waals surface area contributed by atoms with Gasteiger partial charge in [-0.1, -0.05) is 24.3 Å². The first-order chi connectivity index (χ1) is 21.7. The molecular weight excluding hydrogens is 585 g/mol. The molecule has 1 fully saturated rings. The third kappa shape index (κ3) is 6.21. The summed E-state index contributed by atoms with van der Waals surface area (Å²) in [6.07, 6.45) is 5.66. The van der Waals surface area contributed by atoms with E-state index in [4.69, 9.17) is 20.6 Å². The van der Waals surface area contributed by atoms with E-state index in [-0.39, 0.29) is 45.6 Å². The first kappa shape index (κ1) is 30.5. The maximum Gasteiger partial charge on any atom is 0.203 e. The summed E-state index contributed by atoms with van der Waals surface area (Å²) in [5.41, 5.74) is 13.3. The predicted octanol–water partition coefficient (Wildman–Crippen LogP) is 5.60. The largest absolute Gasteiger partial charge is 0.458 e. The van der Waals surface area contributed by atoms with Gasteiger partial charge in [-0.15, -0.1) is 0 Å². The highest BCUT2D eigenvalue weighted by atomic mass is 19.1. The molecule has 2 aromatic heterocycles. The van der Waals surface area contributed by atoms with Gasteiger partial charge in [0.1, 0.15) is 58.3 Å². The van der Waals surface area contributed by atoms with Gasteiger partial charge in [0.25, 0.3) is 0 Å². The lowest BCUT2D eigenvalue weighted by molar-refractivity contribution is -0.0172. The van der Waals surface area contributed by atoms with Gasteiger partial charge in [0.2, 0.25) is 5.43 Å². The molecular formula is C33H33F3N6O3. The number of benzene rings is 2. The molecule has 3 heterocycles. The second-order valence-electron chi connectivity index (χ2n) is 11.2. The van der Waals surface area contributed by atoms with Gasteiger partial charge in [-0.05, 0) is 80.8 Å². The number of fused-ring (bicyclic) bond motifs is 1. The van der Waals surface area contributed by atoms with Crippen molar-refractivity contribution in [3.63, 3.8) is 0 Å². The molecule has 3 atom stereocenters. The van der Waals surface area contributed by atoms with E-state index in [0.29, 0.717) is 17.6 Å². The highest BCUT2D eigenvalue weighted by Crippen LogP contribution is 2.37. The van der Waals surface area contributed by atoms with Gasteiger partial charge in [0.15, 0.2) is 0 Å². The highest BCUT2D eigenvalue weighted by Gasteiger charge is 2.29. The Morgan fingerprint density at radius 1 is 1.11 bits per heavy atom. The fourth-order valence-electron chi connectivity index (χ4n) is 5.87. The van der Waals surface area contributed by atoms with Gasteiger partial charge in [-0.3, -0.25) is 4.79 Å². The van der Waals surface area contributed by atoms with Gasteiger partial charge in [0.05, 0.1) is 29.3 Å². The van der Waals surface area contributed by atoms with E-state index in [2.05, 4.69) is 20.6 Å². The molecule has 4 aromatic rings. The molecule has 3 unspecified atom stereocenters. The Bertz CT molecular complexity index is 1850. The molecule has 0 amide bonds. The molecule has 45 heavy (non-hydrogen) atoms. The van der Waals surface area contributed by atoms with Crippen molar-refractivity contribution in [2.45, 2.75) is 50.5 Å². The highest BCUT2D eigenvalue weighted by molar-refractivity contribution is 5.83. The van der Waals surface area contributed by atoms with Crippen LogP contribution in [0.5, 0.6) is 0 Å². The summed E-state index contributed by atoms with van der Waals surface area (Å²) in [7, 11) is 0. The van der Waals surface area contributed by atoms with Crippen molar-refractivity contribution in [1.29, 1.82) is 0 Å². The van der Waals surface area contributed by atoms with Crippen LogP contribution in [0.1, 0.15) is 49.6 Å². The predicted molar refractivity (Wildman–Crippen MR) is 166 cm³/mol. The van der Waals surface area contributed by atoms with Crippen LogP contribution in [-0.4, -0.2) is 35.3 Å². The Hall–Kier alpha value is -4.52. The fraction of sp³-hybridized carbons (Fsp3) is 0.303. The number of hydrogen-bond donors (Lipinski definition) is 4. The lowest BCUT2D eigenvalue weighted by Crippen LogP contribution is -2.35. The number of ether oxygens (including phenoxy) is 1. The van der Waals surface area contributed by atoms with E-state index in [1.54, 1.807) is 13.0 Å². The summed E-state index contributed by atoms with van der Waals surface area (Å²) in [5.74, 6) is -1.36. The number of halogens is 3. The van der Waals surface area contributed by atoms with Crippen molar-refractivity contribution in [1.82, 2.24) is 15.3 Å². The van der Waals surface area contributed by atoms with E-state index in [1.165, 1.54) is 42.7 Å². The molecule has 0 radical (unpaired) electrons. The maximum atomic E-state index is 15.2. The molecule has 2 aliphatic rings. The zero-order valence-corrected chi connectivity index (χ0v) is 24.5. The van der Waals surface area contributed by atoms with Crippen molar-refractivity contribution < 1.29 is 22.3 Å². The lowest BCUT2D eigenvalue weighted by atomic mass is 9.93. The average molecular weight is 619 g/mol. The minimum Gasteiger partial charge on any atom is -0.458 e. The smallest absolute Gasteiger partial charge is 0.203 e. The molecule has 9 nitrogen and oxygen atoms in total. The summed E-state index contributed by atoms with van der Waals surface area (Å²) in [6.45, 7) is 3.36. The molecule has 0 bridgehead atoms.